The Kier molecular flexibility index (Phi) is 2.98. The fraction of sp³-hybridized carbons (Fsp3) is 0.556. The summed E-state index contributed by atoms with van der Waals surface area (Å²) in [6.45, 7) is 1.63. The topological polar surface area (TPSA) is 42.4 Å². The third-order valence-corrected chi connectivity index (χ3v) is 2.86. The molecular formula is C9H12N2O2S. The fourth-order valence-electron chi connectivity index (χ4n) is 1.48. The largest absolute Gasteiger partial charge is 0.416 e. The van der Waals surface area contributed by atoms with Crippen LogP contribution in [0.3, 0.4) is 0 Å². The molecule has 1 aliphatic rings. The number of thiazole rings is 1. The van der Waals surface area contributed by atoms with Gasteiger partial charge < -0.3 is 9.64 Å². The zero-order valence-corrected chi connectivity index (χ0v) is 8.63. The number of hydrogen-bond donors (Lipinski definition) is 0. The van der Waals surface area contributed by atoms with E-state index in [-0.39, 0.29) is 6.09 Å². The molecule has 1 amide bonds. The standard InChI is InChI=1S/C9H12N2O2S/c12-9(11-4-2-1-3-5-11)13-8-6-10-7-14-8/h6-7H,1-5H2. The van der Waals surface area contributed by atoms with Crippen molar-refractivity contribution < 1.29 is 9.53 Å². The van der Waals surface area contributed by atoms with Gasteiger partial charge in [0.2, 0.25) is 5.06 Å². The lowest BCUT2D eigenvalue weighted by atomic mass is 10.1. The van der Waals surface area contributed by atoms with Crippen LogP contribution in [0.1, 0.15) is 19.3 Å². The van der Waals surface area contributed by atoms with E-state index >= 15 is 0 Å². The molecular weight excluding hydrogens is 200 g/mol. The number of carbonyl (C=O) groups excluding carboxylic acids is 1. The van der Waals surface area contributed by atoms with Crippen LogP contribution in [-0.2, 0) is 0 Å². The Labute approximate surface area is 86.5 Å². The van der Waals surface area contributed by atoms with Crippen molar-refractivity contribution in [2.45, 2.75) is 19.3 Å². The van der Waals surface area contributed by atoms with Gasteiger partial charge in [0.15, 0.2) is 0 Å². The van der Waals surface area contributed by atoms with Crippen LogP contribution < -0.4 is 4.74 Å². The first-order valence-corrected chi connectivity index (χ1v) is 5.59. The van der Waals surface area contributed by atoms with E-state index in [4.69, 9.17) is 4.74 Å². The van der Waals surface area contributed by atoms with Crippen molar-refractivity contribution in [3.63, 3.8) is 0 Å². The second kappa shape index (κ2) is 4.41. The second-order valence-electron chi connectivity index (χ2n) is 3.24. The molecule has 0 radical (unpaired) electrons. The number of likely N-dealkylation sites (tertiary alicyclic amines) is 1. The molecule has 0 N–H and O–H groups in total. The van der Waals surface area contributed by atoms with Gasteiger partial charge in [0, 0.05) is 13.1 Å². The minimum absolute atomic E-state index is 0.242. The van der Waals surface area contributed by atoms with E-state index in [9.17, 15) is 4.79 Å². The summed E-state index contributed by atoms with van der Waals surface area (Å²) < 4.78 is 5.14. The van der Waals surface area contributed by atoms with E-state index in [1.54, 1.807) is 16.6 Å². The lowest BCUT2D eigenvalue weighted by molar-refractivity contribution is 0.144. The minimum atomic E-state index is -0.242. The molecule has 14 heavy (non-hydrogen) atoms. The van der Waals surface area contributed by atoms with Crippen LogP contribution in [0.25, 0.3) is 0 Å². The van der Waals surface area contributed by atoms with Crippen molar-refractivity contribution in [3.05, 3.63) is 11.7 Å². The first kappa shape index (κ1) is 9.45. The monoisotopic (exact) mass is 212 g/mol. The van der Waals surface area contributed by atoms with Crippen LogP contribution in [0.2, 0.25) is 0 Å². The Morgan fingerprint density at radius 3 is 2.86 bits per heavy atom. The van der Waals surface area contributed by atoms with Gasteiger partial charge in [-0.25, -0.2) is 9.78 Å². The minimum Gasteiger partial charge on any atom is -0.397 e. The number of nitrogens with zero attached hydrogens (tertiary/aromatic N) is 2. The number of rotatable bonds is 1. The van der Waals surface area contributed by atoms with E-state index in [1.165, 1.54) is 17.8 Å². The summed E-state index contributed by atoms with van der Waals surface area (Å²) in [6, 6.07) is 0. The molecule has 1 aromatic rings. The highest BCUT2D eigenvalue weighted by atomic mass is 32.1. The van der Waals surface area contributed by atoms with Gasteiger partial charge in [-0.2, -0.15) is 0 Å². The predicted octanol–water partition coefficient (Wildman–Crippen LogP) is 2.13. The molecule has 1 aliphatic heterocycles. The van der Waals surface area contributed by atoms with Gasteiger partial charge in [-0.3, -0.25) is 0 Å². The summed E-state index contributed by atoms with van der Waals surface area (Å²) in [5.74, 6) is 0. The Morgan fingerprint density at radius 2 is 2.21 bits per heavy atom. The number of hydrogen-bond acceptors (Lipinski definition) is 4. The summed E-state index contributed by atoms with van der Waals surface area (Å²) in [5, 5.41) is 0.570. The highest BCUT2D eigenvalue weighted by Gasteiger charge is 2.18. The molecule has 0 saturated carbocycles. The Hall–Kier alpha value is -1.10. The van der Waals surface area contributed by atoms with E-state index < -0.39 is 0 Å². The Balaban J connectivity index is 1.88. The van der Waals surface area contributed by atoms with Gasteiger partial charge in [0.25, 0.3) is 0 Å². The first-order chi connectivity index (χ1) is 6.86. The molecule has 0 aliphatic carbocycles. The second-order valence-corrected chi connectivity index (χ2v) is 4.09. The maximum Gasteiger partial charge on any atom is 0.416 e. The quantitative estimate of drug-likeness (QED) is 0.716. The Bertz CT molecular complexity index is 294. The van der Waals surface area contributed by atoms with Crippen molar-refractivity contribution in [3.8, 4) is 5.06 Å². The van der Waals surface area contributed by atoms with Crippen molar-refractivity contribution in [2.75, 3.05) is 13.1 Å². The van der Waals surface area contributed by atoms with E-state index in [0.717, 1.165) is 25.9 Å². The molecule has 0 aromatic carbocycles. The van der Waals surface area contributed by atoms with Gasteiger partial charge >= 0.3 is 6.09 Å². The third kappa shape index (κ3) is 2.23. The molecule has 4 nitrogen and oxygen atoms in total. The van der Waals surface area contributed by atoms with Crippen LogP contribution in [0.5, 0.6) is 5.06 Å². The normalized spacial score (nSPS) is 16.7. The van der Waals surface area contributed by atoms with Gasteiger partial charge in [-0.05, 0) is 19.3 Å². The molecule has 76 valence electrons. The average molecular weight is 212 g/mol. The van der Waals surface area contributed by atoms with Gasteiger partial charge in [-0.15, -0.1) is 0 Å². The van der Waals surface area contributed by atoms with Crippen LogP contribution in [-0.4, -0.2) is 29.1 Å². The molecule has 2 rings (SSSR count). The van der Waals surface area contributed by atoms with Crippen LogP contribution in [0.4, 0.5) is 4.79 Å². The van der Waals surface area contributed by atoms with E-state index in [0.29, 0.717) is 5.06 Å². The van der Waals surface area contributed by atoms with Crippen molar-refractivity contribution in [1.29, 1.82) is 0 Å². The lowest BCUT2D eigenvalue weighted by Crippen LogP contribution is -2.37. The van der Waals surface area contributed by atoms with Gasteiger partial charge in [-0.1, -0.05) is 11.3 Å². The van der Waals surface area contributed by atoms with Gasteiger partial charge in [0.05, 0.1) is 11.7 Å². The molecule has 1 aromatic heterocycles. The molecule has 5 heteroatoms. The number of piperidine rings is 1. The maximum atomic E-state index is 11.5. The Morgan fingerprint density at radius 1 is 1.43 bits per heavy atom. The summed E-state index contributed by atoms with van der Waals surface area (Å²) in [4.78, 5) is 17.1. The van der Waals surface area contributed by atoms with E-state index in [1.807, 2.05) is 0 Å². The molecule has 0 spiro atoms. The molecule has 0 unspecified atom stereocenters. The number of amides is 1. The summed E-state index contributed by atoms with van der Waals surface area (Å²) in [6.07, 6.45) is 4.70. The molecule has 1 fully saturated rings. The highest BCUT2D eigenvalue weighted by Crippen LogP contribution is 2.18. The van der Waals surface area contributed by atoms with Crippen molar-refractivity contribution in [1.82, 2.24) is 9.88 Å². The smallest absolute Gasteiger partial charge is 0.397 e. The van der Waals surface area contributed by atoms with Crippen LogP contribution in [0.15, 0.2) is 11.7 Å². The molecule has 0 bridgehead atoms. The number of aromatic nitrogens is 1. The summed E-state index contributed by atoms with van der Waals surface area (Å²) >= 11 is 1.33. The SMILES string of the molecule is O=C(Oc1cncs1)N1CCCCC1. The predicted molar refractivity (Wildman–Crippen MR) is 53.6 cm³/mol. The zero-order valence-electron chi connectivity index (χ0n) is 7.81. The van der Waals surface area contributed by atoms with E-state index in [2.05, 4.69) is 4.98 Å². The number of ether oxygens (including phenoxy) is 1. The van der Waals surface area contributed by atoms with Crippen LogP contribution >= 0.6 is 11.3 Å². The maximum absolute atomic E-state index is 11.5. The number of carbonyl (C=O) groups is 1. The lowest BCUT2D eigenvalue weighted by Gasteiger charge is -2.25. The van der Waals surface area contributed by atoms with Crippen molar-refractivity contribution >= 4 is 17.4 Å². The zero-order chi connectivity index (χ0) is 9.80. The first-order valence-electron chi connectivity index (χ1n) is 4.71. The highest BCUT2D eigenvalue weighted by molar-refractivity contribution is 7.11. The summed E-state index contributed by atoms with van der Waals surface area (Å²) in [5.41, 5.74) is 1.65. The molecule has 0 atom stereocenters. The third-order valence-electron chi connectivity index (χ3n) is 2.21. The van der Waals surface area contributed by atoms with Crippen molar-refractivity contribution in [2.24, 2.45) is 0 Å². The molecule has 1 saturated heterocycles. The summed E-state index contributed by atoms with van der Waals surface area (Å²) in [7, 11) is 0. The molecule has 2 heterocycles. The fourth-order valence-corrected chi connectivity index (χ4v) is 1.95. The van der Waals surface area contributed by atoms with Gasteiger partial charge in [0.1, 0.15) is 0 Å². The van der Waals surface area contributed by atoms with Crippen LogP contribution in [0, 0.1) is 0 Å². The average Bonchev–Trinajstić information content (AvgIpc) is 2.72.